The van der Waals surface area contributed by atoms with E-state index in [-0.39, 0.29) is 9.79 Å². The number of fused-ring (bicyclic) bond motifs is 2. The van der Waals surface area contributed by atoms with Gasteiger partial charge in [-0.15, -0.1) is 0 Å². The molecule has 1 fully saturated rings. The van der Waals surface area contributed by atoms with Gasteiger partial charge in [0.15, 0.2) is 6.29 Å². The SMILES string of the molecule is COc1cc(C=O)c2ccn(S(=O)(=O)c3ccccc3)c2c1.COc1cc(CN2CCC2)c2ccn(S(=O)(=O)c3ccccc3)c2c1.O=C(O)C(F)(F)F. The molecule has 0 radical (unpaired) electrons. The molecular formula is C37H34F3N3O9S2. The van der Waals surface area contributed by atoms with E-state index >= 15 is 0 Å². The third kappa shape index (κ3) is 8.43. The molecule has 0 atom stereocenters. The van der Waals surface area contributed by atoms with Crippen LogP contribution in [0.25, 0.3) is 21.8 Å². The minimum absolute atomic E-state index is 0.183. The van der Waals surface area contributed by atoms with E-state index in [0.29, 0.717) is 39.8 Å². The van der Waals surface area contributed by atoms with Crippen molar-refractivity contribution in [3.8, 4) is 11.5 Å². The maximum absolute atomic E-state index is 13.0. The number of hydrogen-bond acceptors (Lipinski definition) is 9. The summed E-state index contributed by atoms with van der Waals surface area (Å²) in [5.74, 6) is -1.66. The second-order valence-corrected chi connectivity index (χ2v) is 15.4. The maximum Gasteiger partial charge on any atom is 0.490 e. The summed E-state index contributed by atoms with van der Waals surface area (Å²) in [7, 11) is -4.29. The molecule has 2 aromatic heterocycles. The summed E-state index contributed by atoms with van der Waals surface area (Å²) < 4.78 is 96.3. The largest absolute Gasteiger partial charge is 0.497 e. The highest BCUT2D eigenvalue weighted by Crippen LogP contribution is 2.31. The van der Waals surface area contributed by atoms with E-state index < -0.39 is 32.2 Å². The minimum Gasteiger partial charge on any atom is -0.497 e. The summed E-state index contributed by atoms with van der Waals surface area (Å²) in [6.45, 7) is 2.98. The number of aliphatic carboxylic acids is 1. The van der Waals surface area contributed by atoms with Crippen molar-refractivity contribution in [3.63, 3.8) is 0 Å². The summed E-state index contributed by atoms with van der Waals surface area (Å²) in [4.78, 5) is 22.9. The summed E-state index contributed by atoms with van der Waals surface area (Å²) in [6, 6.07) is 27.1. The predicted molar refractivity (Wildman–Crippen MR) is 194 cm³/mol. The van der Waals surface area contributed by atoms with Crippen molar-refractivity contribution in [3.05, 3.63) is 121 Å². The third-order valence-corrected chi connectivity index (χ3v) is 11.8. The van der Waals surface area contributed by atoms with Crippen molar-refractivity contribution in [2.24, 2.45) is 0 Å². The highest BCUT2D eigenvalue weighted by atomic mass is 32.2. The number of methoxy groups -OCH3 is 2. The number of nitrogens with zero attached hydrogens (tertiary/aromatic N) is 3. The number of alkyl halides is 3. The number of likely N-dealkylation sites (tertiary alicyclic amines) is 1. The van der Waals surface area contributed by atoms with Gasteiger partial charge in [-0.2, -0.15) is 13.2 Å². The van der Waals surface area contributed by atoms with Crippen LogP contribution in [-0.4, -0.2) is 80.5 Å². The lowest BCUT2D eigenvalue weighted by molar-refractivity contribution is -0.192. The predicted octanol–water partition coefficient (Wildman–Crippen LogP) is 6.43. The Kier molecular flexibility index (Phi) is 11.8. The second kappa shape index (κ2) is 16.2. The van der Waals surface area contributed by atoms with Crippen molar-refractivity contribution >= 4 is 54.1 Å². The number of benzene rings is 4. The highest BCUT2D eigenvalue weighted by molar-refractivity contribution is 7.90. The van der Waals surface area contributed by atoms with Crippen LogP contribution >= 0.6 is 0 Å². The average Bonchev–Trinajstić information content (AvgIpc) is 3.79. The number of rotatable bonds is 9. The molecule has 0 bridgehead atoms. The summed E-state index contributed by atoms with van der Waals surface area (Å²) in [5, 5.41) is 8.64. The molecule has 3 heterocycles. The molecule has 17 heteroatoms. The number of aromatic nitrogens is 2. The lowest BCUT2D eigenvalue weighted by Gasteiger charge is -2.31. The topological polar surface area (TPSA) is 154 Å². The van der Waals surface area contributed by atoms with Crippen LogP contribution in [-0.2, 0) is 31.4 Å². The van der Waals surface area contributed by atoms with Gasteiger partial charge in [-0.3, -0.25) is 9.69 Å². The summed E-state index contributed by atoms with van der Waals surface area (Å²) >= 11 is 0. The van der Waals surface area contributed by atoms with Gasteiger partial charge in [0.05, 0.1) is 35.0 Å². The second-order valence-electron chi connectivity index (χ2n) is 11.8. The van der Waals surface area contributed by atoms with Crippen LogP contribution in [0.4, 0.5) is 13.2 Å². The van der Waals surface area contributed by atoms with Gasteiger partial charge >= 0.3 is 12.1 Å². The van der Waals surface area contributed by atoms with E-state index in [1.54, 1.807) is 86.1 Å². The smallest absolute Gasteiger partial charge is 0.490 e. The molecule has 0 saturated carbocycles. The molecule has 6 aromatic rings. The Bertz CT molecular complexity index is 2500. The highest BCUT2D eigenvalue weighted by Gasteiger charge is 2.38. The average molecular weight is 786 g/mol. The fraction of sp³-hybridized carbons (Fsp3) is 0.189. The number of hydrogen-bond donors (Lipinski definition) is 1. The normalized spacial score (nSPS) is 13.2. The number of halogens is 3. The molecule has 1 aliphatic heterocycles. The summed E-state index contributed by atoms with van der Waals surface area (Å²) in [5.41, 5.74) is 2.54. The molecule has 1 aliphatic rings. The van der Waals surface area contributed by atoms with E-state index in [0.717, 1.165) is 34.6 Å². The van der Waals surface area contributed by atoms with Crippen LogP contribution in [0.5, 0.6) is 11.5 Å². The number of aldehydes is 1. The molecule has 12 nitrogen and oxygen atoms in total. The minimum atomic E-state index is -5.08. The number of carbonyl (C=O) groups is 2. The van der Waals surface area contributed by atoms with Crippen molar-refractivity contribution in [1.29, 1.82) is 0 Å². The Labute approximate surface area is 308 Å². The van der Waals surface area contributed by atoms with Crippen LogP contribution in [0.2, 0.25) is 0 Å². The van der Waals surface area contributed by atoms with E-state index in [4.69, 9.17) is 19.4 Å². The van der Waals surface area contributed by atoms with E-state index in [1.165, 1.54) is 35.8 Å². The third-order valence-electron chi connectivity index (χ3n) is 8.39. The number of carboxylic acids is 1. The van der Waals surface area contributed by atoms with Crippen molar-refractivity contribution < 1.29 is 54.2 Å². The van der Waals surface area contributed by atoms with Gasteiger partial charge in [0.2, 0.25) is 0 Å². The van der Waals surface area contributed by atoms with Crippen LogP contribution in [0.3, 0.4) is 0 Å². The fourth-order valence-corrected chi connectivity index (χ4v) is 8.28. The van der Waals surface area contributed by atoms with Gasteiger partial charge in [0.25, 0.3) is 20.0 Å². The van der Waals surface area contributed by atoms with Crippen LogP contribution < -0.4 is 9.47 Å². The fourth-order valence-electron chi connectivity index (χ4n) is 5.56. The molecule has 1 N–H and O–H groups in total. The number of carbonyl (C=O) groups excluding carboxylic acids is 1. The van der Waals surface area contributed by atoms with Crippen LogP contribution in [0.1, 0.15) is 22.3 Å². The standard InChI is InChI=1S/C19H20N2O3S.C16H13NO4S.C2HF3O2/c1-24-16-12-15(14-20-9-5-10-20)18-8-11-21(19(18)13-16)25(22,23)17-6-3-2-4-7-17;1-21-13-9-12(11-18)15-7-8-17(16(15)10-13)22(19,20)14-5-3-2-4-6-14;3-2(4,5)1(6)7/h2-4,6-8,11-13H,5,9-10,14H2,1H3;2-11H,1H3;(H,6,7). The van der Waals surface area contributed by atoms with Gasteiger partial charge in [0, 0.05) is 47.4 Å². The van der Waals surface area contributed by atoms with Gasteiger partial charge in [-0.05, 0) is 73.6 Å². The molecule has 54 heavy (non-hydrogen) atoms. The van der Waals surface area contributed by atoms with E-state index in [2.05, 4.69) is 4.90 Å². The Morgan fingerprint density at radius 3 is 1.59 bits per heavy atom. The molecule has 0 unspecified atom stereocenters. The molecule has 284 valence electrons. The first-order valence-corrected chi connectivity index (χ1v) is 19.0. The van der Waals surface area contributed by atoms with Gasteiger partial charge in [0.1, 0.15) is 11.5 Å². The molecule has 4 aromatic carbocycles. The molecule has 0 spiro atoms. The van der Waals surface area contributed by atoms with Crippen molar-refractivity contribution in [1.82, 2.24) is 12.8 Å². The number of ether oxygens (including phenoxy) is 2. The Morgan fingerprint density at radius 2 is 1.19 bits per heavy atom. The zero-order chi connectivity index (χ0) is 39.3. The van der Waals surface area contributed by atoms with Crippen LogP contribution in [0.15, 0.2) is 119 Å². The first-order valence-electron chi connectivity index (χ1n) is 16.1. The van der Waals surface area contributed by atoms with Crippen molar-refractivity contribution in [2.45, 2.75) is 28.9 Å². The molecule has 0 aliphatic carbocycles. The molecule has 0 amide bonds. The Morgan fingerprint density at radius 1 is 0.741 bits per heavy atom. The van der Waals surface area contributed by atoms with Crippen molar-refractivity contribution in [2.75, 3.05) is 27.3 Å². The maximum atomic E-state index is 13.0. The zero-order valence-corrected chi connectivity index (χ0v) is 30.4. The molecule has 7 rings (SSSR count). The molecule has 1 saturated heterocycles. The lowest BCUT2D eigenvalue weighted by atomic mass is 10.1. The lowest BCUT2D eigenvalue weighted by Crippen LogP contribution is -2.36. The Hall–Kier alpha value is -5.65. The van der Waals surface area contributed by atoms with Gasteiger partial charge in [-0.1, -0.05) is 36.4 Å². The quantitative estimate of drug-likeness (QED) is 0.162. The first-order chi connectivity index (χ1) is 25.6. The first kappa shape index (κ1) is 39.6. The van der Waals surface area contributed by atoms with Gasteiger partial charge < -0.3 is 14.6 Å². The number of carboxylic acid groups (broad SMARTS) is 1. The zero-order valence-electron chi connectivity index (χ0n) is 28.8. The van der Waals surface area contributed by atoms with E-state index in [1.807, 2.05) is 12.1 Å². The summed E-state index contributed by atoms with van der Waals surface area (Å²) in [6.07, 6.45) is -0.105. The van der Waals surface area contributed by atoms with E-state index in [9.17, 15) is 34.8 Å². The molecular weight excluding hydrogens is 752 g/mol. The monoisotopic (exact) mass is 785 g/mol. The Balaban J connectivity index is 0.000000178. The van der Waals surface area contributed by atoms with Crippen LogP contribution in [0, 0.1) is 0 Å². The van der Waals surface area contributed by atoms with Gasteiger partial charge in [-0.25, -0.2) is 29.6 Å².